The Morgan fingerprint density at radius 3 is 1.88 bits per heavy atom. The standard InChI is InChI=1S/C42H60O6/c1-29(18-14-19-31(3)22-23-38-39(7,8)26-36(48-34(6)43)27-41(38,11)46)16-12-13-17-30(2)20-15-21-32(4)37(45)28-42(47)33(5)24-35(44)25-40(42,9)10/h12-22,33,35-36,44,46-47H,24-28H2,1-11H3/b13-12+,18-14+,20-15+,29-16+,30-17+,31-19+,32-21+/t23?,33-,35+,36-,41+,42+/m0/s1. The van der Waals surface area contributed by atoms with Gasteiger partial charge in [-0.3, -0.25) is 9.59 Å². The lowest BCUT2D eigenvalue weighted by Gasteiger charge is -2.51. The molecule has 0 aliphatic heterocycles. The van der Waals surface area contributed by atoms with Crippen LogP contribution in [-0.4, -0.2) is 50.5 Å². The van der Waals surface area contributed by atoms with Crippen LogP contribution in [0.1, 0.15) is 108 Å². The summed E-state index contributed by atoms with van der Waals surface area (Å²) >= 11 is 0. The first kappa shape index (κ1) is 40.9. The van der Waals surface area contributed by atoms with E-state index in [2.05, 4.69) is 5.73 Å². The molecule has 0 radical (unpaired) electrons. The smallest absolute Gasteiger partial charge is 0.302 e. The van der Waals surface area contributed by atoms with Crippen molar-refractivity contribution in [1.82, 2.24) is 0 Å². The van der Waals surface area contributed by atoms with Crippen LogP contribution >= 0.6 is 0 Å². The average Bonchev–Trinajstić information content (AvgIpc) is 2.92. The molecule has 3 N–H and O–H groups in total. The predicted octanol–water partition coefficient (Wildman–Crippen LogP) is 8.53. The molecular weight excluding hydrogens is 600 g/mol. The fourth-order valence-corrected chi connectivity index (χ4v) is 7.15. The molecule has 0 unspecified atom stereocenters. The van der Waals surface area contributed by atoms with E-state index in [0.717, 1.165) is 22.3 Å². The van der Waals surface area contributed by atoms with Crippen molar-refractivity contribution in [3.8, 4) is 0 Å². The number of aliphatic hydroxyl groups excluding tert-OH is 1. The van der Waals surface area contributed by atoms with Crippen molar-refractivity contribution in [1.29, 1.82) is 0 Å². The van der Waals surface area contributed by atoms with Gasteiger partial charge in [-0.2, -0.15) is 0 Å². The predicted molar refractivity (Wildman–Crippen MR) is 196 cm³/mol. The number of rotatable bonds is 11. The first-order valence-corrected chi connectivity index (χ1v) is 17.1. The Labute approximate surface area is 289 Å². The van der Waals surface area contributed by atoms with E-state index in [1.807, 2.05) is 116 Å². The number of Topliss-reactive ketones (excluding diaryl/α,β-unsaturated/α-hetero) is 1. The zero-order chi connectivity index (χ0) is 36.5. The van der Waals surface area contributed by atoms with Crippen LogP contribution in [-0.2, 0) is 14.3 Å². The van der Waals surface area contributed by atoms with Gasteiger partial charge in [0.2, 0.25) is 0 Å². The van der Waals surface area contributed by atoms with Crippen LogP contribution in [0.3, 0.4) is 0 Å². The van der Waals surface area contributed by atoms with Gasteiger partial charge in [-0.05, 0) is 87.9 Å². The summed E-state index contributed by atoms with van der Waals surface area (Å²) in [4.78, 5) is 24.4. The van der Waals surface area contributed by atoms with Gasteiger partial charge in [0.15, 0.2) is 5.78 Å². The molecule has 0 saturated heterocycles. The molecule has 2 aliphatic rings. The highest BCUT2D eigenvalue weighted by atomic mass is 16.5. The fraction of sp³-hybridized carbons (Fsp3) is 0.548. The normalized spacial score (nSPS) is 30.2. The van der Waals surface area contributed by atoms with Gasteiger partial charge in [-0.15, -0.1) is 5.73 Å². The molecule has 2 rings (SSSR count). The van der Waals surface area contributed by atoms with Crippen LogP contribution in [0, 0.1) is 16.7 Å². The summed E-state index contributed by atoms with van der Waals surface area (Å²) < 4.78 is 5.41. The Kier molecular flexibility index (Phi) is 14.4. The summed E-state index contributed by atoms with van der Waals surface area (Å²) in [5, 5.41) is 32.7. The minimum Gasteiger partial charge on any atom is -0.462 e. The van der Waals surface area contributed by atoms with Gasteiger partial charge >= 0.3 is 5.97 Å². The third-order valence-electron chi connectivity index (χ3n) is 9.84. The lowest BCUT2D eigenvalue weighted by molar-refractivity contribution is -0.168. The minimum atomic E-state index is -1.15. The van der Waals surface area contributed by atoms with Crippen molar-refractivity contribution < 1.29 is 29.6 Å². The molecule has 6 heteroatoms. The molecule has 0 bridgehead atoms. The first-order valence-electron chi connectivity index (χ1n) is 17.1. The lowest BCUT2D eigenvalue weighted by atomic mass is 9.58. The van der Waals surface area contributed by atoms with Crippen LogP contribution in [0.15, 0.2) is 100 Å². The Morgan fingerprint density at radius 2 is 1.35 bits per heavy atom. The SMILES string of the molecule is CC(=O)O[C@H]1CC(C)(C)C(=C=C/C(C)=C/C=C/C(C)=C/C=C/C=C(C)/C=C/C=C(\C)C(=O)C[C@@]2(O)[C@@H](C)C[C@@H](O)CC2(C)C)[C@](C)(O)C1. The number of hydrogen-bond donors (Lipinski definition) is 3. The monoisotopic (exact) mass is 660 g/mol. The Bertz CT molecular complexity index is 1440. The molecule has 0 aromatic heterocycles. The third kappa shape index (κ3) is 11.7. The van der Waals surface area contributed by atoms with Crippen molar-refractivity contribution in [2.24, 2.45) is 16.7 Å². The zero-order valence-corrected chi connectivity index (χ0v) is 31.2. The van der Waals surface area contributed by atoms with Gasteiger partial charge in [0, 0.05) is 25.3 Å². The minimum absolute atomic E-state index is 0.0495. The van der Waals surface area contributed by atoms with E-state index < -0.39 is 22.7 Å². The van der Waals surface area contributed by atoms with Crippen LogP contribution in [0.25, 0.3) is 0 Å². The Balaban J connectivity index is 1.97. The maximum absolute atomic E-state index is 13.0. The summed E-state index contributed by atoms with van der Waals surface area (Å²) in [6.07, 6.45) is 22.7. The molecule has 5 atom stereocenters. The van der Waals surface area contributed by atoms with Crippen molar-refractivity contribution >= 4 is 11.8 Å². The van der Waals surface area contributed by atoms with E-state index in [9.17, 15) is 24.9 Å². The van der Waals surface area contributed by atoms with Gasteiger partial charge in [0.25, 0.3) is 0 Å². The van der Waals surface area contributed by atoms with Crippen LogP contribution in [0.2, 0.25) is 0 Å². The molecule has 264 valence electrons. The summed E-state index contributed by atoms with van der Waals surface area (Å²) in [6, 6.07) is 0. The summed E-state index contributed by atoms with van der Waals surface area (Å²) in [5.74, 6) is -0.577. The van der Waals surface area contributed by atoms with E-state index in [4.69, 9.17) is 4.74 Å². The summed E-state index contributed by atoms with van der Waals surface area (Å²) in [6.45, 7) is 20.8. The molecule has 2 saturated carbocycles. The van der Waals surface area contributed by atoms with Crippen LogP contribution < -0.4 is 0 Å². The number of allylic oxidation sites excluding steroid dienone is 14. The number of hydrogen-bond acceptors (Lipinski definition) is 6. The second-order valence-electron chi connectivity index (χ2n) is 15.5. The lowest BCUT2D eigenvalue weighted by Crippen LogP contribution is -2.56. The third-order valence-corrected chi connectivity index (χ3v) is 9.84. The molecule has 0 aromatic rings. The highest BCUT2D eigenvalue weighted by Gasteiger charge is 2.53. The highest BCUT2D eigenvalue weighted by molar-refractivity contribution is 5.95. The number of ether oxygens (including phenoxy) is 1. The van der Waals surface area contributed by atoms with Crippen molar-refractivity contribution in [2.45, 2.75) is 132 Å². The highest BCUT2D eigenvalue weighted by Crippen LogP contribution is 2.49. The van der Waals surface area contributed by atoms with Crippen molar-refractivity contribution in [3.63, 3.8) is 0 Å². The Morgan fingerprint density at radius 1 is 0.812 bits per heavy atom. The number of ketones is 1. The van der Waals surface area contributed by atoms with Gasteiger partial charge in [0.1, 0.15) is 6.10 Å². The van der Waals surface area contributed by atoms with E-state index in [1.165, 1.54) is 6.92 Å². The summed E-state index contributed by atoms with van der Waals surface area (Å²) in [5.41, 5.74) is 4.67. The van der Waals surface area contributed by atoms with E-state index in [-0.39, 0.29) is 35.6 Å². The maximum Gasteiger partial charge on any atom is 0.302 e. The van der Waals surface area contributed by atoms with Crippen LogP contribution in [0.5, 0.6) is 0 Å². The average molecular weight is 661 g/mol. The van der Waals surface area contributed by atoms with Gasteiger partial charge in [-0.25, -0.2) is 0 Å². The molecule has 0 heterocycles. The van der Waals surface area contributed by atoms with Crippen molar-refractivity contribution in [3.05, 3.63) is 100 Å². The molecule has 2 aliphatic carbocycles. The number of aliphatic hydroxyl groups is 3. The molecule has 0 amide bonds. The Hall–Kier alpha value is -3.28. The number of esters is 1. The van der Waals surface area contributed by atoms with E-state index >= 15 is 0 Å². The molecule has 2 fully saturated rings. The summed E-state index contributed by atoms with van der Waals surface area (Å²) in [7, 11) is 0. The quantitative estimate of drug-likeness (QED) is 0.0888. The molecular formula is C42H60O6. The fourth-order valence-electron chi connectivity index (χ4n) is 7.15. The topological polar surface area (TPSA) is 104 Å². The number of carbonyl (C=O) groups is 2. The van der Waals surface area contributed by atoms with E-state index in [0.29, 0.717) is 31.3 Å². The maximum atomic E-state index is 13.0. The van der Waals surface area contributed by atoms with Gasteiger partial charge < -0.3 is 20.1 Å². The molecule has 6 nitrogen and oxygen atoms in total. The zero-order valence-electron chi connectivity index (χ0n) is 31.2. The van der Waals surface area contributed by atoms with Crippen molar-refractivity contribution in [2.75, 3.05) is 0 Å². The van der Waals surface area contributed by atoms with E-state index in [1.54, 1.807) is 19.9 Å². The first-order chi connectivity index (χ1) is 22.1. The van der Waals surface area contributed by atoms with Gasteiger partial charge in [-0.1, -0.05) is 107 Å². The largest absolute Gasteiger partial charge is 0.462 e. The molecule has 0 aromatic carbocycles. The second-order valence-corrected chi connectivity index (χ2v) is 15.5. The molecule has 0 spiro atoms. The van der Waals surface area contributed by atoms with Gasteiger partial charge in [0.05, 0.1) is 17.3 Å². The number of carbonyl (C=O) groups excluding carboxylic acids is 2. The second kappa shape index (κ2) is 16.9. The van der Waals surface area contributed by atoms with Crippen LogP contribution in [0.4, 0.5) is 0 Å². The molecule has 48 heavy (non-hydrogen) atoms.